The van der Waals surface area contributed by atoms with E-state index in [4.69, 9.17) is 10.5 Å². The van der Waals surface area contributed by atoms with Crippen molar-refractivity contribution in [2.75, 3.05) is 18.6 Å². The van der Waals surface area contributed by atoms with Crippen molar-refractivity contribution in [2.24, 2.45) is 0 Å². The molecular weight excluding hydrogens is 230 g/mol. The van der Waals surface area contributed by atoms with Crippen LogP contribution in [0.1, 0.15) is 25.7 Å². The number of allylic oxidation sites excluding steroid dienone is 1. The molecule has 17 heavy (non-hydrogen) atoms. The summed E-state index contributed by atoms with van der Waals surface area (Å²) in [6, 6.07) is 5.80. The number of rotatable bonds is 8. The molecular formula is C14H21NOS. The molecule has 0 aliphatic rings. The molecule has 0 bridgehead atoms. The summed E-state index contributed by atoms with van der Waals surface area (Å²) in [5, 5.41) is 0. The van der Waals surface area contributed by atoms with Crippen LogP contribution in [0, 0.1) is 0 Å². The highest BCUT2D eigenvalue weighted by Gasteiger charge is 2.02. The fourth-order valence-electron chi connectivity index (χ4n) is 1.52. The van der Waals surface area contributed by atoms with E-state index < -0.39 is 0 Å². The van der Waals surface area contributed by atoms with Gasteiger partial charge in [0.2, 0.25) is 0 Å². The van der Waals surface area contributed by atoms with Crippen molar-refractivity contribution in [2.45, 2.75) is 30.6 Å². The number of methoxy groups -OCH3 is 1. The number of anilines is 1. The third-order valence-electron chi connectivity index (χ3n) is 2.53. The average molecular weight is 251 g/mol. The van der Waals surface area contributed by atoms with Crippen LogP contribution in [0.5, 0.6) is 5.75 Å². The Balaban J connectivity index is 2.32. The van der Waals surface area contributed by atoms with Gasteiger partial charge in [-0.25, -0.2) is 0 Å². The normalized spacial score (nSPS) is 10.2. The molecule has 1 rings (SSSR count). The number of ether oxygens (including phenoxy) is 1. The maximum atomic E-state index is 5.92. The van der Waals surface area contributed by atoms with Gasteiger partial charge in [-0.3, -0.25) is 0 Å². The van der Waals surface area contributed by atoms with Crippen LogP contribution in [0.4, 0.5) is 5.69 Å². The van der Waals surface area contributed by atoms with Crippen molar-refractivity contribution >= 4 is 17.4 Å². The van der Waals surface area contributed by atoms with E-state index in [1.165, 1.54) is 19.3 Å². The molecule has 0 aromatic heterocycles. The summed E-state index contributed by atoms with van der Waals surface area (Å²) in [6.07, 6.45) is 6.80. The number of nitrogen functional groups attached to an aromatic ring is 1. The van der Waals surface area contributed by atoms with Crippen LogP contribution in [0.25, 0.3) is 0 Å². The Hall–Kier alpha value is -1.09. The fraction of sp³-hybridized carbons (Fsp3) is 0.429. The number of hydrogen-bond acceptors (Lipinski definition) is 3. The van der Waals surface area contributed by atoms with Crippen molar-refractivity contribution in [3.8, 4) is 5.75 Å². The van der Waals surface area contributed by atoms with Crippen LogP contribution >= 0.6 is 11.8 Å². The van der Waals surface area contributed by atoms with Gasteiger partial charge >= 0.3 is 0 Å². The van der Waals surface area contributed by atoms with Gasteiger partial charge in [0.25, 0.3) is 0 Å². The molecule has 0 atom stereocenters. The van der Waals surface area contributed by atoms with E-state index >= 15 is 0 Å². The number of unbranched alkanes of at least 4 members (excludes halogenated alkanes) is 3. The zero-order valence-corrected chi connectivity index (χ0v) is 11.3. The Morgan fingerprint density at radius 1 is 1.35 bits per heavy atom. The minimum absolute atomic E-state index is 0.835. The zero-order chi connectivity index (χ0) is 12.5. The SMILES string of the molecule is C=CCCCCCSc1cc(OC)ccc1N. The summed E-state index contributed by atoms with van der Waals surface area (Å²) in [5.74, 6) is 1.97. The molecule has 0 fully saturated rings. The minimum Gasteiger partial charge on any atom is -0.497 e. The summed E-state index contributed by atoms with van der Waals surface area (Å²) in [6.45, 7) is 3.72. The molecule has 3 heteroatoms. The monoisotopic (exact) mass is 251 g/mol. The molecule has 0 heterocycles. The van der Waals surface area contributed by atoms with E-state index in [9.17, 15) is 0 Å². The Labute approximate surface area is 108 Å². The lowest BCUT2D eigenvalue weighted by Crippen LogP contribution is -1.91. The highest BCUT2D eigenvalue weighted by Crippen LogP contribution is 2.29. The highest BCUT2D eigenvalue weighted by molar-refractivity contribution is 7.99. The van der Waals surface area contributed by atoms with Gasteiger partial charge in [0.15, 0.2) is 0 Å². The van der Waals surface area contributed by atoms with Crippen LogP contribution in [-0.4, -0.2) is 12.9 Å². The molecule has 2 N–H and O–H groups in total. The average Bonchev–Trinajstić information content (AvgIpc) is 2.35. The van der Waals surface area contributed by atoms with Crippen LogP contribution in [0.15, 0.2) is 35.7 Å². The van der Waals surface area contributed by atoms with Crippen LogP contribution in [-0.2, 0) is 0 Å². The van der Waals surface area contributed by atoms with Gasteiger partial charge in [0, 0.05) is 10.6 Å². The second-order valence-corrected chi connectivity index (χ2v) is 5.03. The van der Waals surface area contributed by atoms with Crippen LogP contribution < -0.4 is 10.5 Å². The van der Waals surface area contributed by atoms with E-state index in [0.717, 1.165) is 28.5 Å². The van der Waals surface area contributed by atoms with Crippen LogP contribution in [0.2, 0.25) is 0 Å². The van der Waals surface area contributed by atoms with E-state index in [2.05, 4.69) is 6.58 Å². The van der Waals surface area contributed by atoms with Gasteiger partial charge in [-0.2, -0.15) is 0 Å². The standard InChI is InChI=1S/C14H21NOS/c1-3-4-5-6-7-10-17-14-11-12(16-2)8-9-13(14)15/h3,8-9,11H,1,4-7,10,15H2,2H3. The third kappa shape index (κ3) is 5.18. The molecule has 1 aromatic carbocycles. The van der Waals surface area contributed by atoms with Gasteiger partial charge < -0.3 is 10.5 Å². The van der Waals surface area contributed by atoms with E-state index in [1.807, 2.05) is 24.3 Å². The zero-order valence-electron chi connectivity index (χ0n) is 10.4. The van der Waals surface area contributed by atoms with Crippen molar-refractivity contribution < 1.29 is 4.74 Å². The molecule has 0 amide bonds. The molecule has 0 aliphatic carbocycles. The van der Waals surface area contributed by atoms with E-state index in [1.54, 1.807) is 18.9 Å². The number of thioether (sulfide) groups is 1. The van der Waals surface area contributed by atoms with Gasteiger partial charge in [0.05, 0.1) is 7.11 Å². The van der Waals surface area contributed by atoms with Crippen LogP contribution in [0.3, 0.4) is 0 Å². The van der Waals surface area contributed by atoms with Gasteiger partial charge in [0.1, 0.15) is 5.75 Å². The molecule has 1 aromatic rings. The molecule has 0 aliphatic heterocycles. The second kappa shape index (κ2) is 8.07. The maximum absolute atomic E-state index is 5.92. The van der Waals surface area contributed by atoms with Crippen molar-refractivity contribution in [1.29, 1.82) is 0 Å². The molecule has 0 spiro atoms. The predicted octanol–water partition coefficient (Wildman–Crippen LogP) is 4.12. The minimum atomic E-state index is 0.835. The Morgan fingerprint density at radius 2 is 2.18 bits per heavy atom. The smallest absolute Gasteiger partial charge is 0.120 e. The highest BCUT2D eigenvalue weighted by atomic mass is 32.2. The van der Waals surface area contributed by atoms with Gasteiger partial charge in [-0.15, -0.1) is 18.3 Å². The van der Waals surface area contributed by atoms with Crippen molar-refractivity contribution in [3.05, 3.63) is 30.9 Å². The predicted molar refractivity (Wildman–Crippen MR) is 76.8 cm³/mol. The Morgan fingerprint density at radius 3 is 2.88 bits per heavy atom. The van der Waals surface area contributed by atoms with Gasteiger partial charge in [-0.05, 0) is 43.2 Å². The summed E-state index contributed by atoms with van der Waals surface area (Å²) in [7, 11) is 1.68. The van der Waals surface area contributed by atoms with Crippen molar-refractivity contribution in [1.82, 2.24) is 0 Å². The van der Waals surface area contributed by atoms with Crippen molar-refractivity contribution in [3.63, 3.8) is 0 Å². The lowest BCUT2D eigenvalue weighted by molar-refractivity contribution is 0.414. The quantitative estimate of drug-likeness (QED) is 0.327. The first-order valence-electron chi connectivity index (χ1n) is 5.95. The summed E-state index contributed by atoms with van der Waals surface area (Å²) in [5.41, 5.74) is 6.75. The fourth-order valence-corrected chi connectivity index (χ4v) is 2.52. The molecule has 2 nitrogen and oxygen atoms in total. The summed E-state index contributed by atoms with van der Waals surface area (Å²) in [4.78, 5) is 1.12. The topological polar surface area (TPSA) is 35.2 Å². The second-order valence-electron chi connectivity index (χ2n) is 3.89. The molecule has 94 valence electrons. The first-order chi connectivity index (χ1) is 8.27. The van der Waals surface area contributed by atoms with E-state index in [0.29, 0.717) is 0 Å². The number of benzene rings is 1. The molecule has 0 saturated carbocycles. The first-order valence-corrected chi connectivity index (χ1v) is 6.93. The third-order valence-corrected chi connectivity index (χ3v) is 3.69. The summed E-state index contributed by atoms with van der Waals surface area (Å²) >= 11 is 1.80. The largest absolute Gasteiger partial charge is 0.497 e. The number of hydrogen-bond donors (Lipinski definition) is 1. The number of nitrogens with two attached hydrogens (primary N) is 1. The lowest BCUT2D eigenvalue weighted by atomic mass is 10.2. The maximum Gasteiger partial charge on any atom is 0.120 e. The lowest BCUT2D eigenvalue weighted by Gasteiger charge is -2.07. The summed E-state index contributed by atoms with van der Waals surface area (Å²) < 4.78 is 5.19. The first kappa shape index (κ1) is 14.0. The molecule has 0 radical (unpaired) electrons. The van der Waals surface area contributed by atoms with E-state index in [-0.39, 0.29) is 0 Å². The molecule has 0 saturated heterocycles. The molecule has 0 unspecified atom stereocenters. The Bertz CT molecular complexity index is 352. The Kier molecular flexibility index (Phi) is 6.63. The van der Waals surface area contributed by atoms with Gasteiger partial charge in [-0.1, -0.05) is 12.5 Å².